The zero-order valence-corrected chi connectivity index (χ0v) is 7.79. The van der Waals surface area contributed by atoms with Crippen LogP contribution in [0.15, 0.2) is 21.4 Å². The molecule has 0 bridgehead atoms. The van der Waals surface area contributed by atoms with Crippen molar-refractivity contribution in [3.05, 3.63) is 41.7 Å². The summed E-state index contributed by atoms with van der Waals surface area (Å²) in [7, 11) is 0. The third-order valence-corrected chi connectivity index (χ3v) is 2.28. The molecule has 6 nitrogen and oxygen atoms in total. The first-order chi connectivity index (χ1) is 5.52. The van der Waals surface area contributed by atoms with Crippen LogP contribution in [-0.4, -0.2) is 15.9 Å². The molecule has 1 aliphatic carbocycles. The first-order valence-corrected chi connectivity index (χ1v) is 3.97. The largest absolute Gasteiger partial charge is 0.273 e. The highest BCUT2D eigenvalue weighted by Crippen LogP contribution is 2.25. The second-order valence-corrected chi connectivity index (χ2v) is 3.35. The summed E-state index contributed by atoms with van der Waals surface area (Å²) in [5.74, 6) is 0. The lowest BCUT2D eigenvalue weighted by atomic mass is 10.3. The van der Waals surface area contributed by atoms with Gasteiger partial charge in [0.25, 0.3) is 11.7 Å². The third-order valence-electron chi connectivity index (χ3n) is 1.33. The lowest BCUT2D eigenvalue weighted by Crippen LogP contribution is -2.14. The van der Waals surface area contributed by atoms with Gasteiger partial charge in [-0.25, -0.2) is 0 Å². The predicted molar refractivity (Wildman–Crippen MR) is 48.0 cm³/mol. The zero-order valence-electron chi connectivity index (χ0n) is 5.64. The fraction of sp³-hybridized carbons (Fsp3) is 0.200. The van der Waals surface area contributed by atoms with Crippen LogP contribution in [0.3, 0.4) is 0 Å². The Labute approximate surface area is 80.4 Å². The van der Waals surface area contributed by atoms with Crippen molar-refractivity contribution in [1.29, 1.82) is 0 Å². The Hall–Kier alpha value is -0.990. The van der Waals surface area contributed by atoms with E-state index >= 15 is 0 Å². The first-order valence-electron chi connectivity index (χ1n) is 2.89. The van der Waals surface area contributed by atoms with E-state index in [9.17, 15) is 20.2 Å². The van der Waals surface area contributed by atoms with Crippen molar-refractivity contribution in [1.82, 2.24) is 0 Å². The van der Waals surface area contributed by atoms with Crippen molar-refractivity contribution < 1.29 is 9.85 Å². The molecule has 0 unspecified atom stereocenters. The number of hydrogen-bond donors (Lipinski definition) is 0. The lowest BCUT2D eigenvalue weighted by molar-refractivity contribution is -0.498. The molecule has 12 heavy (non-hydrogen) atoms. The van der Waals surface area contributed by atoms with Crippen LogP contribution in [0, 0.1) is 20.2 Å². The van der Waals surface area contributed by atoms with Gasteiger partial charge in [-0.3, -0.25) is 20.2 Å². The quantitative estimate of drug-likeness (QED) is 0.431. The maximum absolute atomic E-state index is 10.3. The molecule has 1 atom stereocenters. The predicted octanol–water partition coefficient (Wildman–Crippen LogP) is 1.12. The van der Waals surface area contributed by atoms with E-state index in [4.69, 9.17) is 0 Å². The molecule has 0 fully saturated rings. The molecule has 0 aromatic rings. The molecule has 0 aromatic carbocycles. The number of nitro groups is 2. The third kappa shape index (κ3) is 1.60. The minimum absolute atomic E-state index is 0.207. The van der Waals surface area contributed by atoms with Crippen molar-refractivity contribution in [3.8, 4) is 0 Å². The normalized spacial score (nSPS) is 21.6. The van der Waals surface area contributed by atoms with E-state index < -0.39 is 15.9 Å². The maximum atomic E-state index is 10.3. The van der Waals surface area contributed by atoms with E-state index in [1.807, 2.05) is 0 Å². The van der Waals surface area contributed by atoms with Gasteiger partial charge in [0.1, 0.15) is 0 Å². The van der Waals surface area contributed by atoms with E-state index in [-0.39, 0.29) is 5.70 Å². The summed E-state index contributed by atoms with van der Waals surface area (Å²) in [4.78, 5) is 19.3. The second-order valence-electron chi connectivity index (χ2n) is 2.11. The van der Waals surface area contributed by atoms with Gasteiger partial charge in [-0.1, -0.05) is 0 Å². The highest BCUT2D eigenvalue weighted by Gasteiger charge is 2.31. The van der Waals surface area contributed by atoms with Crippen molar-refractivity contribution in [2.75, 3.05) is 0 Å². The number of allylic oxidation sites excluding steroid dienone is 1. The highest BCUT2D eigenvalue weighted by molar-refractivity contribution is 14.1. The molecule has 0 N–H and O–H groups in total. The van der Waals surface area contributed by atoms with Gasteiger partial charge in [0.2, 0.25) is 0 Å². The molecule has 0 spiro atoms. The monoisotopic (exact) mass is 282 g/mol. The van der Waals surface area contributed by atoms with Gasteiger partial charge in [-0.05, 0) is 22.6 Å². The molecule has 0 saturated carbocycles. The summed E-state index contributed by atoms with van der Waals surface area (Å²) >= 11 is 1.72. The number of rotatable bonds is 2. The summed E-state index contributed by atoms with van der Waals surface area (Å²) in [6.45, 7) is 0. The minimum atomic E-state index is -1.04. The molecular weight excluding hydrogens is 279 g/mol. The Bertz CT molecular complexity index is 309. The van der Waals surface area contributed by atoms with Crippen LogP contribution >= 0.6 is 22.6 Å². The van der Waals surface area contributed by atoms with Crippen molar-refractivity contribution in [2.45, 2.75) is 6.04 Å². The fourth-order valence-electron chi connectivity index (χ4n) is 0.791. The van der Waals surface area contributed by atoms with Crippen LogP contribution in [0.1, 0.15) is 0 Å². The molecule has 0 saturated heterocycles. The van der Waals surface area contributed by atoms with Gasteiger partial charge in [0, 0.05) is 11.0 Å². The summed E-state index contributed by atoms with van der Waals surface area (Å²) in [6, 6.07) is -1.04. The molecule has 1 rings (SSSR count). The van der Waals surface area contributed by atoms with Gasteiger partial charge in [-0.2, -0.15) is 0 Å². The Morgan fingerprint density at radius 2 is 2.00 bits per heavy atom. The van der Waals surface area contributed by atoms with E-state index in [0.717, 1.165) is 6.08 Å². The Kier molecular flexibility index (Phi) is 2.40. The zero-order chi connectivity index (χ0) is 9.30. The van der Waals surface area contributed by atoms with Crippen LogP contribution < -0.4 is 0 Å². The average Bonchev–Trinajstić information content (AvgIpc) is 2.30. The average molecular weight is 282 g/mol. The standard InChI is InChI=1S/C5H3IN2O4/c6-4-1-3(7(9)10)2-5(4)8(11)12/h1-2,5H/t5-/m0/s1. The smallest absolute Gasteiger partial charge is 0.264 e. The van der Waals surface area contributed by atoms with E-state index in [1.165, 1.54) is 6.08 Å². The summed E-state index contributed by atoms with van der Waals surface area (Å²) in [6.07, 6.45) is 2.23. The Morgan fingerprint density at radius 3 is 2.25 bits per heavy atom. The maximum Gasteiger partial charge on any atom is 0.273 e. The second kappa shape index (κ2) is 3.17. The summed E-state index contributed by atoms with van der Waals surface area (Å²) in [5.41, 5.74) is -0.207. The summed E-state index contributed by atoms with van der Waals surface area (Å²) in [5, 5.41) is 20.5. The molecular formula is C5H3IN2O4. The molecule has 0 aromatic heterocycles. The molecule has 0 amide bonds. The minimum Gasteiger partial charge on any atom is -0.264 e. The fourth-order valence-corrected chi connectivity index (χ4v) is 1.52. The first kappa shape index (κ1) is 9.10. The molecule has 64 valence electrons. The molecule has 0 aliphatic heterocycles. The van der Waals surface area contributed by atoms with Crippen LogP contribution in [0.4, 0.5) is 0 Å². The van der Waals surface area contributed by atoms with Gasteiger partial charge in [-0.15, -0.1) is 0 Å². The highest BCUT2D eigenvalue weighted by atomic mass is 127. The van der Waals surface area contributed by atoms with Gasteiger partial charge < -0.3 is 0 Å². The van der Waals surface area contributed by atoms with Crippen molar-refractivity contribution >= 4 is 22.6 Å². The van der Waals surface area contributed by atoms with Crippen molar-refractivity contribution in [2.24, 2.45) is 0 Å². The molecule has 0 heterocycles. The van der Waals surface area contributed by atoms with Crippen molar-refractivity contribution in [3.63, 3.8) is 0 Å². The van der Waals surface area contributed by atoms with Crippen LogP contribution in [0.25, 0.3) is 0 Å². The van der Waals surface area contributed by atoms with E-state index in [0.29, 0.717) is 3.58 Å². The van der Waals surface area contributed by atoms with E-state index in [1.54, 1.807) is 22.6 Å². The van der Waals surface area contributed by atoms with Crippen LogP contribution in [0.5, 0.6) is 0 Å². The van der Waals surface area contributed by atoms with Gasteiger partial charge in [0.05, 0.1) is 14.6 Å². The van der Waals surface area contributed by atoms with Gasteiger partial charge >= 0.3 is 0 Å². The molecule has 0 radical (unpaired) electrons. The number of halogens is 1. The Morgan fingerprint density at radius 1 is 1.42 bits per heavy atom. The SMILES string of the molecule is O=[N+]([O-])C1=C[C@H]([N+](=O)[O-])C(I)=C1. The molecule has 7 heteroatoms. The van der Waals surface area contributed by atoms with Gasteiger partial charge in [0.15, 0.2) is 0 Å². The van der Waals surface area contributed by atoms with E-state index in [2.05, 4.69) is 0 Å². The topological polar surface area (TPSA) is 86.3 Å². The Balaban J connectivity index is 2.93. The van der Waals surface area contributed by atoms with Crippen LogP contribution in [0.2, 0.25) is 0 Å². The molecule has 1 aliphatic rings. The summed E-state index contributed by atoms with van der Waals surface area (Å²) < 4.78 is 0.365. The van der Waals surface area contributed by atoms with Crippen LogP contribution in [-0.2, 0) is 0 Å². The number of hydrogen-bond acceptors (Lipinski definition) is 4. The number of nitrogens with zero attached hydrogens (tertiary/aromatic N) is 2. The lowest BCUT2D eigenvalue weighted by Gasteiger charge is -1.95.